The minimum atomic E-state index is -0.515. The third-order valence-electron chi connectivity index (χ3n) is 4.63. The van der Waals surface area contributed by atoms with Gasteiger partial charge in [0, 0.05) is 13.1 Å². The maximum Gasteiger partial charge on any atom is 0.410 e. The first-order chi connectivity index (χ1) is 11.6. The lowest BCUT2D eigenvalue weighted by Gasteiger charge is -2.39. The Balaban J connectivity index is 1.88. The molecule has 0 radical (unpaired) electrons. The van der Waals surface area contributed by atoms with Crippen LogP contribution in [0.15, 0.2) is 43.0 Å². The van der Waals surface area contributed by atoms with Crippen LogP contribution in [0.3, 0.4) is 0 Å². The summed E-state index contributed by atoms with van der Waals surface area (Å²) < 4.78 is 10.3. The zero-order valence-corrected chi connectivity index (χ0v) is 14.2. The minimum absolute atomic E-state index is 0.193. The number of nitrogens with zero attached hydrogens (tertiary/aromatic N) is 1. The zero-order chi connectivity index (χ0) is 17.4. The van der Waals surface area contributed by atoms with Crippen LogP contribution in [0.1, 0.15) is 31.2 Å². The summed E-state index contributed by atoms with van der Waals surface area (Å²) in [4.78, 5) is 26.1. The van der Waals surface area contributed by atoms with Crippen LogP contribution < -0.4 is 0 Å². The second-order valence-electron chi connectivity index (χ2n) is 6.13. The van der Waals surface area contributed by atoms with Crippen LogP contribution in [0.25, 0.3) is 0 Å². The molecule has 0 spiro atoms. The highest BCUT2D eigenvalue weighted by Gasteiger charge is 2.42. The van der Waals surface area contributed by atoms with Gasteiger partial charge in [-0.2, -0.15) is 0 Å². The highest BCUT2D eigenvalue weighted by molar-refractivity contribution is 5.77. The largest absolute Gasteiger partial charge is 0.469 e. The van der Waals surface area contributed by atoms with Crippen LogP contribution >= 0.6 is 0 Å². The Kier molecular flexibility index (Phi) is 6.41. The molecular formula is C19H25NO4. The first-order valence-corrected chi connectivity index (χ1v) is 8.26. The maximum atomic E-state index is 12.2. The van der Waals surface area contributed by atoms with Crippen LogP contribution in [0, 0.1) is 5.41 Å². The van der Waals surface area contributed by atoms with Crippen LogP contribution in [-0.4, -0.2) is 37.2 Å². The van der Waals surface area contributed by atoms with Crippen molar-refractivity contribution < 1.29 is 19.1 Å². The van der Waals surface area contributed by atoms with E-state index < -0.39 is 5.41 Å². The van der Waals surface area contributed by atoms with Crippen molar-refractivity contribution in [3.05, 3.63) is 48.6 Å². The summed E-state index contributed by atoms with van der Waals surface area (Å²) in [6, 6.07) is 9.58. The van der Waals surface area contributed by atoms with Crippen molar-refractivity contribution in [2.24, 2.45) is 5.41 Å². The average Bonchev–Trinajstić information content (AvgIpc) is 2.65. The number of ether oxygens (including phenoxy) is 2. The third-order valence-corrected chi connectivity index (χ3v) is 4.63. The number of carbonyl (C=O) groups is 2. The fraction of sp³-hybridized carbons (Fsp3) is 0.474. The number of hydrogen-bond acceptors (Lipinski definition) is 4. The standard InChI is InChI=1S/C19H25NO4/c1-3-4-10-19(17(21)23-2)11-13-20(14-12-19)18(22)24-15-16-8-6-5-7-9-16/h3,5-9H,1,4,10-15H2,2H3. The molecule has 5 nitrogen and oxygen atoms in total. The number of amides is 1. The van der Waals surface area contributed by atoms with E-state index in [1.807, 2.05) is 36.4 Å². The van der Waals surface area contributed by atoms with Gasteiger partial charge >= 0.3 is 12.1 Å². The Morgan fingerprint density at radius 1 is 1.25 bits per heavy atom. The number of rotatable bonds is 6. The smallest absolute Gasteiger partial charge is 0.410 e. The molecule has 1 heterocycles. The SMILES string of the molecule is C=CCCC1(C(=O)OC)CCN(C(=O)OCc2ccccc2)CC1. The summed E-state index contributed by atoms with van der Waals surface area (Å²) in [5, 5.41) is 0. The van der Waals surface area contributed by atoms with Gasteiger partial charge in [-0.3, -0.25) is 4.79 Å². The molecule has 1 amide bonds. The molecule has 2 rings (SSSR count). The highest BCUT2D eigenvalue weighted by atomic mass is 16.6. The predicted octanol–water partition coefficient (Wildman–Crippen LogP) is 3.54. The Labute approximate surface area is 143 Å². The Morgan fingerprint density at radius 3 is 2.50 bits per heavy atom. The van der Waals surface area contributed by atoms with E-state index in [1.54, 1.807) is 4.90 Å². The van der Waals surface area contributed by atoms with E-state index in [0.717, 1.165) is 12.0 Å². The molecule has 0 aromatic heterocycles. The van der Waals surface area contributed by atoms with Crippen molar-refractivity contribution in [3.63, 3.8) is 0 Å². The highest BCUT2D eigenvalue weighted by Crippen LogP contribution is 2.37. The normalized spacial score (nSPS) is 16.3. The Bertz CT molecular complexity index is 562. The minimum Gasteiger partial charge on any atom is -0.469 e. The molecule has 0 bridgehead atoms. The predicted molar refractivity (Wildman–Crippen MR) is 91.3 cm³/mol. The van der Waals surface area contributed by atoms with Gasteiger partial charge in [-0.25, -0.2) is 4.79 Å². The van der Waals surface area contributed by atoms with Crippen LogP contribution in [0.2, 0.25) is 0 Å². The molecule has 1 aromatic rings. The molecule has 0 atom stereocenters. The van der Waals surface area contributed by atoms with Crippen molar-refractivity contribution in [2.45, 2.75) is 32.3 Å². The van der Waals surface area contributed by atoms with Gasteiger partial charge in [-0.1, -0.05) is 36.4 Å². The second-order valence-corrected chi connectivity index (χ2v) is 6.13. The van der Waals surface area contributed by atoms with Crippen molar-refractivity contribution >= 4 is 12.1 Å². The molecule has 1 fully saturated rings. The summed E-state index contributed by atoms with van der Waals surface area (Å²) in [5.74, 6) is -0.193. The van der Waals surface area contributed by atoms with Crippen LogP contribution in [0.5, 0.6) is 0 Å². The van der Waals surface area contributed by atoms with Crippen molar-refractivity contribution in [2.75, 3.05) is 20.2 Å². The number of benzene rings is 1. The molecular weight excluding hydrogens is 306 g/mol. The van der Waals surface area contributed by atoms with Gasteiger partial charge in [-0.05, 0) is 31.2 Å². The van der Waals surface area contributed by atoms with Crippen LogP contribution in [0.4, 0.5) is 4.79 Å². The molecule has 0 N–H and O–H groups in total. The topological polar surface area (TPSA) is 55.8 Å². The summed E-state index contributed by atoms with van der Waals surface area (Å²) in [6.45, 7) is 4.98. The molecule has 5 heteroatoms. The van der Waals surface area contributed by atoms with E-state index in [-0.39, 0.29) is 18.7 Å². The fourth-order valence-corrected chi connectivity index (χ4v) is 3.08. The maximum absolute atomic E-state index is 12.2. The zero-order valence-electron chi connectivity index (χ0n) is 14.2. The van der Waals surface area contributed by atoms with Gasteiger partial charge < -0.3 is 14.4 Å². The number of allylic oxidation sites excluding steroid dienone is 1. The van der Waals surface area contributed by atoms with E-state index in [4.69, 9.17) is 9.47 Å². The Hall–Kier alpha value is -2.30. The fourth-order valence-electron chi connectivity index (χ4n) is 3.08. The lowest BCUT2D eigenvalue weighted by atomic mass is 9.75. The third kappa shape index (κ3) is 4.37. The molecule has 130 valence electrons. The molecule has 1 saturated heterocycles. The quantitative estimate of drug-likeness (QED) is 0.591. The van der Waals surface area contributed by atoms with Crippen molar-refractivity contribution in [3.8, 4) is 0 Å². The number of esters is 1. The molecule has 1 aliphatic rings. The lowest BCUT2D eigenvalue weighted by molar-refractivity contribution is -0.156. The number of piperidine rings is 1. The summed E-state index contributed by atoms with van der Waals surface area (Å²) in [6.07, 6.45) is 4.12. The summed E-state index contributed by atoms with van der Waals surface area (Å²) >= 11 is 0. The number of carbonyl (C=O) groups excluding carboxylic acids is 2. The van der Waals surface area contributed by atoms with Crippen molar-refractivity contribution in [1.82, 2.24) is 4.90 Å². The molecule has 1 aromatic carbocycles. The van der Waals surface area contributed by atoms with E-state index >= 15 is 0 Å². The summed E-state index contributed by atoms with van der Waals surface area (Å²) in [5.41, 5.74) is 0.442. The van der Waals surface area contributed by atoms with Gasteiger partial charge in [0.25, 0.3) is 0 Å². The molecule has 0 saturated carbocycles. The second kappa shape index (κ2) is 8.52. The number of likely N-dealkylation sites (tertiary alicyclic amines) is 1. The van der Waals surface area contributed by atoms with Gasteiger partial charge in [-0.15, -0.1) is 6.58 Å². The first kappa shape index (κ1) is 18.0. The van der Waals surface area contributed by atoms with Gasteiger partial charge in [0.15, 0.2) is 0 Å². The van der Waals surface area contributed by atoms with E-state index in [1.165, 1.54) is 7.11 Å². The van der Waals surface area contributed by atoms with Crippen molar-refractivity contribution in [1.29, 1.82) is 0 Å². The number of methoxy groups -OCH3 is 1. The van der Waals surface area contributed by atoms with Gasteiger partial charge in [0.1, 0.15) is 6.61 Å². The van der Waals surface area contributed by atoms with E-state index in [9.17, 15) is 9.59 Å². The van der Waals surface area contributed by atoms with Gasteiger partial charge in [0.05, 0.1) is 12.5 Å². The molecule has 1 aliphatic heterocycles. The van der Waals surface area contributed by atoms with E-state index in [0.29, 0.717) is 32.4 Å². The van der Waals surface area contributed by atoms with E-state index in [2.05, 4.69) is 6.58 Å². The van der Waals surface area contributed by atoms with Crippen LogP contribution in [-0.2, 0) is 20.9 Å². The lowest BCUT2D eigenvalue weighted by Crippen LogP contribution is -2.47. The van der Waals surface area contributed by atoms with Gasteiger partial charge in [0.2, 0.25) is 0 Å². The monoisotopic (exact) mass is 331 g/mol. The first-order valence-electron chi connectivity index (χ1n) is 8.26. The number of hydrogen-bond donors (Lipinski definition) is 0. The molecule has 24 heavy (non-hydrogen) atoms. The Morgan fingerprint density at radius 2 is 1.92 bits per heavy atom. The molecule has 0 unspecified atom stereocenters. The molecule has 0 aliphatic carbocycles. The summed E-state index contributed by atoms with van der Waals surface area (Å²) in [7, 11) is 1.42. The average molecular weight is 331 g/mol.